The van der Waals surface area contributed by atoms with Crippen molar-refractivity contribution in [2.24, 2.45) is 11.7 Å². The highest BCUT2D eigenvalue weighted by Crippen LogP contribution is 2.07. The highest BCUT2D eigenvalue weighted by atomic mass is 16.1. The first-order valence-corrected chi connectivity index (χ1v) is 6.12. The largest absolute Gasteiger partial charge is 0.330 e. The molecule has 2 rings (SSSR count). The number of anilines is 1. The fourth-order valence-corrected chi connectivity index (χ4v) is 1.55. The van der Waals surface area contributed by atoms with Crippen LogP contribution >= 0.6 is 0 Å². The normalized spacial score (nSPS) is 12.1. The van der Waals surface area contributed by atoms with Crippen molar-refractivity contribution in [1.82, 2.24) is 14.8 Å². The first-order valence-electron chi connectivity index (χ1n) is 6.12. The van der Waals surface area contributed by atoms with Crippen LogP contribution in [0, 0.1) is 5.92 Å². The van der Waals surface area contributed by atoms with E-state index in [1.165, 1.54) is 0 Å². The van der Waals surface area contributed by atoms with Gasteiger partial charge in [-0.25, -0.2) is 0 Å². The second kappa shape index (κ2) is 6.10. The van der Waals surface area contributed by atoms with Crippen molar-refractivity contribution >= 4 is 11.7 Å². The molecule has 3 N–H and O–H groups in total. The lowest BCUT2D eigenvalue weighted by Gasteiger charge is -2.07. The summed E-state index contributed by atoms with van der Waals surface area (Å²) in [6.45, 7) is 2.75. The van der Waals surface area contributed by atoms with Gasteiger partial charge in [-0.3, -0.25) is 14.5 Å². The van der Waals surface area contributed by atoms with Crippen LogP contribution < -0.4 is 11.1 Å². The van der Waals surface area contributed by atoms with Crippen LogP contribution in [0.1, 0.15) is 12.5 Å². The Labute approximate surface area is 111 Å². The number of amides is 1. The number of rotatable bonds is 5. The highest BCUT2D eigenvalue weighted by Gasteiger charge is 2.12. The quantitative estimate of drug-likeness (QED) is 0.834. The van der Waals surface area contributed by atoms with E-state index in [0.29, 0.717) is 18.9 Å². The first-order chi connectivity index (χ1) is 9.19. The molecule has 0 aliphatic carbocycles. The van der Waals surface area contributed by atoms with E-state index in [9.17, 15) is 4.79 Å². The van der Waals surface area contributed by atoms with Crippen molar-refractivity contribution in [2.75, 3.05) is 11.9 Å². The standard InChI is InChI=1S/C13H17N5O/c1-10(8-14)13(19)16-12-4-7-18(17-12)9-11-2-5-15-6-3-11/h2-7,10H,8-9,14H2,1H3,(H,16,17,19). The minimum Gasteiger partial charge on any atom is -0.330 e. The topological polar surface area (TPSA) is 85.8 Å². The molecule has 2 aromatic heterocycles. The van der Waals surface area contributed by atoms with Crippen LogP contribution in [0.2, 0.25) is 0 Å². The molecular weight excluding hydrogens is 242 g/mol. The van der Waals surface area contributed by atoms with E-state index in [0.717, 1.165) is 5.56 Å². The minimum absolute atomic E-state index is 0.114. The van der Waals surface area contributed by atoms with Crippen LogP contribution in [0.3, 0.4) is 0 Å². The van der Waals surface area contributed by atoms with E-state index >= 15 is 0 Å². The SMILES string of the molecule is CC(CN)C(=O)Nc1ccn(Cc2ccncc2)n1. The third-order valence-corrected chi connectivity index (χ3v) is 2.79. The van der Waals surface area contributed by atoms with Crippen molar-refractivity contribution in [3.05, 3.63) is 42.4 Å². The van der Waals surface area contributed by atoms with Crippen molar-refractivity contribution in [1.29, 1.82) is 0 Å². The van der Waals surface area contributed by atoms with E-state index < -0.39 is 0 Å². The molecule has 1 atom stereocenters. The summed E-state index contributed by atoms with van der Waals surface area (Å²) in [6.07, 6.45) is 5.30. The molecule has 2 aromatic rings. The third-order valence-electron chi connectivity index (χ3n) is 2.79. The van der Waals surface area contributed by atoms with Crippen molar-refractivity contribution in [3.8, 4) is 0 Å². The van der Waals surface area contributed by atoms with Gasteiger partial charge in [-0.1, -0.05) is 6.92 Å². The van der Waals surface area contributed by atoms with Gasteiger partial charge in [-0.15, -0.1) is 0 Å². The number of carbonyl (C=O) groups excluding carboxylic acids is 1. The molecule has 0 bridgehead atoms. The molecule has 100 valence electrons. The lowest BCUT2D eigenvalue weighted by Crippen LogP contribution is -2.26. The molecule has 0 aliphatic heterocycles. The zero-order valence-corrected chi connectivity index (χ0v) is 10.8. The number of hydrogen-bond acceptors (Lipinski definition) is 4. The maximum atomic E-state index is 11.7. The molecule has 0 radical (unpaired) electrons. The number of carbonyl (C=O) groups is 1. The maximum absolute atomic E-state index is 11.7. The highest BCUT2D eigenvalue weighted by molar-refractivity contribution is 5.91. The number of hydrogen-bond donors (Lipinski definition) is 2. The Balaban J connectivity index is 1.98. The van der Waals surface area contributed by atoms with E-state index in [1.54, 1.807) is 30.1 Å². The van der Waals surface area contributed by atoms with E-state index in [-0.39, 0.29) is 11.8 Å². The van der Waals surface area contributed by atoms with Gasteiger partial charge in [0.05, 0.1) is 6.54 Å². The van der Waals surface area contributed by atoms with Crippen LogP contribution in [0.15, 0.2) is 36.8 Å². The summed E-state index contributed by atoms with van der Waals surface area (Å²) >= 11 is 0. The number of nitrogens with two attached hydrogens (primary N) is 1. The Hall–Kier alpha value is -2.21. The van der Waals surface area contributed by atoms with Crippen molar-refractivity contribution in [2.45, 2.75) is 13.5 Å². The van der Waals surface area contributed by atoms with Gasteiger partial charge in [0, 0.05) is 37.1 Å². The zero-order valence-electron chi connectivity index (χ0n) is 10.8. The summed E-state index contributed by atoms with van der Waals surface area (Å²) in [7, 11) is 0. The van der Waals surface area contributed by atoms with Crippen molar-refractivity contribution < 1.29 is 4.79 Å². The molecule has 0 saturated heterocycles. The Kier molecular flexibility index (Phi) is 4.25. The summed E-state index contributed by atoms with van der Waals surface area (Å²) in [4.78, 5) is 15.6. The maximum Gasteiger partial charge on any atom is 0.229 e. The molecule has 1 unspecified atom stereocenters. The summed E-state index contributed by atoms with van der Waals surface area (Å²) < 4.78 is 1.76. The fraction of sp³-hybridized carbons (Fsp3) is 0.308. The number of pyridine rings is 1. The van der Waals surface area contributed by atoms with Crippen LogP contribution in [-0.2, 0) is 11.3 Å². The van der Waals surface area contributed by atoms with Crippen LogP contribution in [0.4, 0.5) is 5.82 Å². The van der Waals surface area contributed by atoms with Gasteiger partial charge in [0.15, 0.2) is 5.82 Å². The zero-order chi connectivity index (χ0) is 13.7. The lowest BCUT2D eigenvalue weighted by atomic mass is 10.2. The smallest absolute Gasteiger partial charge is 0.229 e. The molecule has 0 spiro atoms. The molecule has 0 saturated carbocycles. The predicted octanol–water partition coefficient (Wildman–Crippen LogP) is 0.860. The third kappa shape index (κ3) is 3.62. The summed E-state index contributed by atoms with van der Waals surface area (Å²) in [5.41, 5.74) is 6.54. The average molecular weight is 259 g/mol. The Morgan fingerprint density at radius 2 is 2.16 bits per heavy atom. The summed E-state index contributed by atoms with van der Waals surface area (Å²) in [6, 6.07) is 5.62. The Bertz CT molecular complexity index is 537. The number of nitrogens with one attached hydrogen (secondary N) is 1. The minimum atomic E-state index is -0.217. The van der Waals surface area contributed by atoms with Gasteiger partial charge in [-0.05, 0) is 17.7 Å². The molecular formula is C13H17N5O. The average Bonchev–Trinajstić information content (AvgIpc) is 2.86. The van der Waals surface area contributed by atoms with Gasteiger partial charge in [0.1, 0.15) is 0 Å². The second-order valence-corrected chi connectivity index (χ2v) is 4.38. The molecule has 0 aromatic carbocycles. The monoisotopic (exact) mass is 259 g/mol. The Morgan fingerprint density at radius 3 is 2.84 bits per heavy atom. The molecule has 6 nitrogen and oxygen atoms in total. The van der Waals surface area contributed by atoms with E-state index in [4.69, 9.17) is 5.73 Å². The molecule has 0 fully saturated rings. The molecule has 6 heteroatoms. The van der Waals surface area contributed by atoms with Gasteiger partial charge < -0.3 is 11.1 Å². The molecule has 1 amide bonds. The first kappa shape index (κ1) is 13.2. The number of aromatic nitrogens is 3. The van der Waals surface area contributed by atoms with Gasteiger partial charge in [0.2, 0.25) is 5.91 Å². The van der Waals surface area contributed by atoms with E-state index in [1.807, 2.05) is 18.3 Å². The molecule has 0 aliphatic rings. The Morgan fingerprint density at radius 1 is 1.42 bits per heavy atom. The second-order valence-electron chi connectivity index (χ2n) is 4.38. The lowest BCUT2D eigenvalue weighted by molar-refractivity contribution is -0.119. The summed E-state index contributed by atoms with van der Waals surface area (Å²) in [5.74, 6) is 0.210. The van der Waals surface area contributed by atoms with Crippen LogP contribution in [-0.4, -0.2) is 27.2 Å². The number of nitrogens with zero attached hydrogens (tertiary/aromatic N) is 3. The molecule has 19 heavy (non-hydrogen) atoms. The van der Waals surface area contributed by atoms with Gasteiger partial charge >= 0.3 is 0 Å². The predicted molar refractivity (Wildman–Crippen MR) is 72.4 cm³/mol. The van der Waals surface area contributed by atoms with Gasteiger partial charge in [0.25, 0.3) is 0 Å². The van der Waals surface area contributed by atoms with E-state index in [2.05, 4.69) is 15.4 Å². The van der Waals surface area contributed by atoms with Gasteiger partial charge in [-0.2, -0.15) is 5.10 Å². The van der Waals surface area contributed by atoms with Crippen LogP contribution in [0.5, 0.6) is 0 Å². The molecule has 2 heterocycles. The van der Waals surface area contributed by atoms with Crippen LogP contribution in [0.25, 0.3) is 0 Å². The summed E-state index contributed by atoms with van der Waals surface area (Å²) in [5, 5.41) is 7.02. The van der Waals surface area contributed by atoms with Crippen molar-refractivity contribution in [3.63, 3.8) is 0 Å². The fourth-order valence-electron chi connectivity index (χ4n) is 1.55.